The quantitative estimate of drug-likeness (QED) is 0.0149. The van der Waals surface area contributed by atoms with Crippen LogP contribution >= 0.6 is 0 Å². The van der Waals surface area contributed by atoms with Gasteiger partial charge in [0.1, 0.15) is 61.0 Å². The number of unbranched alkanes of at least 4 members (excludes halogenated alkanes) is 2. The van der Waals surface area contributed by atoms with E-state index in [-0.39, 0.29) is 73.0 Å². The van der Waals surface area contributed by atoms with E-state index >= 15 is 9.59 Å². The Morgan fingerprint density at radius 2 is 0.701 bits per heavy atom. The van der Waals surface area contributed by atoms with Crippen molar-refractivity contribution in [3.8, 4) is 0 Å². The van der Waals surface area contributed by atoms with Crippen LogP contribution in [0.2, 0.25) is 0 Å². The molecule has 0 spiro atoms. The molecule has 4 saturated heterocycles. The van der Waals surface area contributed by atoms with Crippen LogP contribution in [-0.4, -0.2) is 324 Å². The fraction of sp³-hybridized carbons (Fsp3) is 0.484. The van der Waals surface area contributed by atoms with Gasteiger partial charge in [-0.3, -0.25) is 4.68 Å². The number of nitrogens with zero attached hydrogens (tertiary/aromatic N) is 3. The molecule has 10 N–H and O–H groups in total. The van der Waals surface area contributed by atoms with Gasteiger partial charge in [-0.15, -0.1) is 5.10 Å². The first-order valence-corrected chi connectivity index (χ1v) is 43.3. The molecule has 5 heterocycles. The third kappa shape index (κ3) is 27.8. The van der Waals surface area contributed by atoms with Crippen LogP contribution in [0.15, 0.2) is 188 Å². The Morgan fingerprint density at radius 1 is 0.373 bits per heavy atom. The van der Waals surface area contributed by atoms with Crippen molar-refractivity contribution in [2.75, 3.05) is 26.4 Å². The zero-order valence-electron chi connectivity index (χ0n) is 73.6. The van der Waals surface area contributed by atoms with Crippen molar-refractivity contribution >= 4 is 59.7 Å². The molecule has 0 amide bonds. The predicted octanol–water partition coefficient (Wildman–Crippen LogP) is 2.68. The van der Waals surface area contributed by atoms with Crippen LogP contribution < -0.4 is 0 Å². The highest BCUT2D eigenvalue weighted by Gasteiger charge is 2.59. The maximum atomic E-state index is 15.1. The number of aliphatic hydroxyl groups excluding tert-OH is 8. The van der Waals surface area contributed by atoms with E-state index in [4.69, 9.17) is 85.3 Å². The topological polar surface area (TPSA) is 570 Å². The molecule has 6 aromatic carbocycles. The number of hydrogen-bond acceptors (Lipinski definition) is 38. The second-order valence-corrected chi connectivity index (χ2v) is 32.3. The van der Waals surface area contributed by atoms with Crippen molar-refractivity contribution in [2.45, 2.75) is 258 Å². The summed E-state index contributed by atoms with van der Waals surface area (Å²) in [4.78, 5) is 144. The summed E-state index contributed by atoms with van der Waals surface area (Å²) >= 11 is 0. The number of esters is 8. The first-order chi connectivity index (χ1) is 64.3. The van der Waals surface area contributed by atoms with Gasteiger partial charge in [0, 0.05) is 32.0 Å². The number of rotatable bonds is 45. The number of ether oxygens (including phenoxy) is 18. The molecule has 11 rings (SSSR count). The van der Waals surface area contributed by atoms with Crippen LogP contribution in [0.1, 0.15) is 119 Å². The first-order valence-electron chi connectivity index (χ1n) is 43.3. The smallest absolute Gasteiger partial charge is 0.339 e. The normalized spacial score (nSPS) is 26.5. The van der Waals surface area contributed by atoms with E-state index in [1.165, 1.54) is 149 Å². The number of carboxylic acids is 2. The number of carboxylic acid groups (broad SMARTS) is 2. The van der Waals surface area contributed by atoms with E-state index < -0.39 is 258 Å². The van der Waals surface area contributed by atoms with Crippen molar-refractivity contribution in [2.24, 2.45) is 0 Å². The van der Waals surface area contributed by atoms with Gasteiger partial charge < -0.3 is 136 Å². The lowest BCUT2D eigenvalue weighted by Gasteiger charge is -2.46. The molecule has 41 nitrogen and oxygen atoms in total. The lowest BCUT2D eigenvalue weighted by Crippen LogP contribution is -2.65. The second-order valence-electron chi connectivity index (χ2n) is 32.3. The van der Waals surface area contributed by atoms with Crippen LogP contribution in [0, 0.1) is 0 Å². The Labute approximate surface area is 767 Å². The van der Waals surface area contributed by atoms with Gasteiger partial charge in [-0.2, -0.15) is 0 Å². The third-order valence-electron chi connectivity index (χ3n) is 21.7. The molecule has 4 aliphatic rings. The fourth-order valence-corrected chi connectivity index (χ4v) is 14.7. The molecule has 41 heteroatoms. The highest BCUT2D eigenvalue weighted by atomic mass is 16.8. The van der Waals surface area contributed by atoms with Crippen molar-refractivity contribution < 1.29 is 184 Å². The standard InChI is InChI=1S/C93H109N3O38/c1-49(2)119-88(115)76(133-92-78(129-84(111)57-36-22-11-23-37-57)72(123-60(80(105)106)44-53-28-14-7-15-29-53)70(62(47-97)125-92)127-82(109)55-32-18-9-19-33-55)74(131-90-68(103)66(101)64(99)51(5)121-90)86(113)117-42-27-13-26-41-96-46-59(94-95-96)40-43-118-87(114)75(132-91-69(104)67(102)65(100)52(6)122-91)77(89(116)120-50(3)4)134-93-79(130-85(112)58-38-24-12-25-39-58)73(124-61(81(107)108)45-54-30-16-8-17-31-54)71(63(48-98)126-93)128-83(110)56-34-20-10-21-35-56/h7-12,14-25,28-39,46,49-52,60-79,90-93,97-104H,13,26-27,40-45,47-48H2,1-6H3,(H,105,106)(H,107,108)/t51-,52-,60+,61-,62+,63-,64+,65+,66+,67+,68+,69-,70-,71-,72-,73+,74+,75+,76+,77+,78+,79+,90-,91+,92-,93+/m0/s1. The highest BCUT2D eigenvalue weighted by Crippen LogP contribution is 2.38. The molecular formula is C93H109N3O38. The van der Waals surface area contributed by atoms with Crippen LogP contribution in [0.5, 0.6) is 0 Å². The lowest BCUT2D eigenvalue weighted by molar-refractivity contribution is -0.337. The summed E-state index contributed by atoms with van der Waals surface area (Å²) in [5.41, 5.74) is 0.703. The van der Waals surface area contributed by atoms with Crippen LogP contribution in [0.3, 0.4) is 0 Å². The summed E-state index contributed by atoms with van der Waals surface area (Å²) in [7, 11) is 0. The third-order valence-corrected chi connectivity index (χ3v) is 21.7. The SMILES string of the molecule is CC(C)OC(=O)[C@H](O[C@H]1O[C@@H](CO)[C@H](OC(=O)c2ccccc2)[C@@H](O[C@@H](Cc2ccccc2)C(=O)O)[C@H]1OC(=O)c1ccccc1)[C@@H](O[C@H]1O[C@@H](C)[C@@H](O)[C@@H](O)[C@@H]1O)C(=O)OCCc1cn(CCCCCOC(=O)[C@H](O[C@@H]2O[C@@H](C)[C@@H](O)[C@@H](O)[C@H]2O)[C@@H](O[C@@H]2O[C@H](CO)[C@H](OC(=O)c3ccccc3)[C@H](O[C@H](Cc3ccccc3)C(=O)O)[C@H]2OC(=O)c2ccccc2)C(=O)OC(C)C)nn1. The number of aryl methyl sites for hydroxylation is 1. The number of hydrogen-bond donors (Lipinski definition) is 10. The van der Waals surface area contributed by atoms with Crippen molar-refractivity contribution in [1.82, 2.24) is 15.0 Å². The number of aliphatic carboxylic acids is 2. The second kappa shape index (κ2) is 49.6. The molecule has 0 radical (unpaired) electrons. The zero-order chi connectivity index (χ0) is 96.4. The molecule has 0 bridgehead atoms. The lowest BCUT2D eigenvalue weighted by atomic mass is 9.96. The summed E-state index contributed by atoms with van der Waals surface area (Å²) in [6, 6.07) is 45.5. The maximum Gasteiger partial charge on any atom is 0.339 e. The molecule has 724 valence electrons. The minimum Gasteiger partial charge on any atom is -0.479 e. The van der Waals surface area contributed by atoms with Crippen LogP contribution in [-0.2, 0) is 140 Å². The van der Waals surface area contributed by atoms with E-state index in [1.807, 2.05) is 0 Å². The van der Waals surface area contributed by atoms with Gasteiger partial charge in [-0.25, -0.2) is 47.9 Å². The number of aliphatic hydroxyl groups is 8. The van der Waals surface area contributed by atoms with Gasteiger partial charge in [-0.1, -0.05) is 139 Å². The van der Waals surface area contributed by atoms with Gasteiger partial charge in [0.15, 0.2) is 86.2 Å². The van der Waals surface area contributed by atoms with Crippen molar-refractivity contribution in [3.05, 3.63) is 227 Å². The number of benzene rings is 6. The minimum atomic E-state index is -2.53. The number of carbonyl (C=O) groups is 10. The van der Waals surface area contributed by atoms with E-state index in [0.29, 0.717) is 11.1 Å². The van der Waals surface area contributed by atoms with Gasteiger partial charge in [-0.05, 0) is 120 Å². The Balaban J connectivity index is 0.827. The Bertz CT molecular complexity index is 4930. The highest BCUT2D eigenvalue weighted by molar-refractivity contribution is 5.92. The molecule has 1 aromatic heterocycles. The zero-order valence-corrected chi connectivity index (χ0v) is 73.6. The molecule has 4 fully saturated rings. The van der Waals surface area contributed by atoms with Crippen LogP contribution in [0.4, 0.5) is 0 Å². The Kier molecular flexibility index (Phi) is 38.1. The molecule has 7 aromatic rings. The fourth-order valence-electron chi connectivity index (χ4n) is 14.7. The summed E-state index contributed by atoms with van der Waals surface area (Å²) in [5.74, 6) is -13.4. The molecule has 134 heavy (non-hydrogen) atoms. The molecule has 0 saturated carbocycles. The molecular weight excluding hydrogens is 1770 g/mol. The van der Waals surface area contributed by atoms with Crippen LogP contribution in [0.25, 0.3) is 0 Å². The summed E-state index contributed by atoms with van der Waals surface area (Å²) in [6.45, 7) is 5.06. The van der Waals surface area contributed by atoms with E-state index in [2.05, 4.69) is 10.3 Å². The predicted molar refractivity (Wildman–Crippen MR) is 453 cm³/mol. The summed E-state index contributed by atoms with van der Waals surface area (Å²) in [6.07, 6.45) is -54.0. The van der Waals surface area contributed by atoms with E-state index in [9.17, 15) is 89.4 Å². The van der Waals surface area contributed by atoms with E-state index in [0.717, 1.165) is 0 Å². The van der Waals surface area contributed by atoms with Crippen molar-refractivity contribution in [1.29, 1.82) is 0 Å². The average Bonchev–Trinajstić information content (AvgIpc) is 0.878. The van der Waals surface area contributed by atoms with E-state index in [1.54, 1.807) is 84.9 Å². The molecule has 26 atom stereocenters. The van der Waals surface area contributed by atoms with Gasteiger partial charge in [0.05, 0.1) is 78.8 Å². The first kappa shape index (κ1) is 103. The van der Waals surface area contributed by atoms with Gasteiger partial charge in [0.2, 0.25) is 0 Å². The summed E-state index contributed by atoms with van der Waals surface area (Å²) < 4.78 is 111. The minimum absolute atomic E-state index is 0.0348. The summed E-state index contributed by atoms with van der Waals surface area (Å²) in [5, 5.41) is 119. The average molecular weight is 1880 g/mol. The molecule has 0 aliphatic carbocycles. The van der Waals surface area contributed by atoms with Gasteiger partial charge >= 0.3 is 59.7 Å². The molecule has 4 aliphatic heterocycles. The Morgan fingerprint density at radius 3 is 1.04 bits per heavy atom. The monoisotopic (exact) mass is 1880 g/mol. The van der Waals surface area contributed by atoms with Gasteiger partial charge in [0.25, 0.3) is 0 Å². The largest absolute Gasteiger partial charge is 0.479 e. The van der Waals surface area contributed by atoms with Crippen molar-refractivity contribution in [3.63, 3.8) is 0 Å². The Hall–Kier alpha value is -11.6. The molecule has 0 unspecified atom stereocenters. The number of carbonyl (C=O) groups excluding carboxylic acids is 8. The maximum absolute atomic E-state index is 15.1. The number of aromatic nitrogens is 3.